The molecule has 3 aromatic carbocycles. The Labute approximate surface area is 247 Å². The third-order valence-electron chi connectivity index (χ3n) is 6.47. The fraction of sp³-hybridized carbons (Fsp3) is 0.167. The number of hydrogen-bond acceptors (Lipinski definition) is 8. The molecule has 2 heterocycles. The monoisotopic (exact) mass is 635 g/mol. The minimum Gasteiger partial charge on any atom is -0.504 e. The lowest BCUT2D eigenvalue weighted by Crippen LogP contribution is -2.40. The van der Waals surface area contributed by atoms with Gasteiger partial charge in [0, 0.05) is 15.7 Å². The Kier molecular flexibility index (Phi) is 8.00. The molecular formula is C30H26BrN3O6S. The summed E-state index contributed by atoms with van der Waals surface area (Å²) in [7, 11) is 1.44. The van der Waals surface area contributed by atoms with Crippen LogP contribution >= 0.6 is 27.3 Å². The molecule has 210 valence electrons. The standard InChI is InChI=1S/C30H26BrN3O6S/c1-4-40-22-13-17(10-11-21(22)35)26-25(28(37)33-20-8-6-5-7-9-20)16(2)32-30-34(26)29(38)24(41-30)14-18-12-19(31)15-23(39-3)27(18)36/h5-15,26,35-36H,4H2,1-3H3,(H,33,37)/b24-14-/t26-/m1/s1. The summed E-state index contributed by atoms with van der Waals surface area (Å²) in [5.74, 6) is -0.109. The number of allylic oxidation sites excluding steroid dienone is 1. The average Bonchev–Trinajstić information content (AvgIpc) is 3.25. The number of benzene rings is 3. The molecule has 4 aromatic rings. The maximum absolute atomic E-state index is 14.0. The van der Waals surface area contributed by atoms with Crippen LogP contribution in [0.5, 0.6) is 23.0 Å². The molecule has 0 unspecified atom stereocenters. The Hall–Kier alpha value is -4.35. The fourth-order valence-electron chi connectivity index (χ4n) is 4.62. The van der Waals surface area contributed by atoms with E-state index in [9.17, 15) is 19.8 Å². The number of hydrogen-bond donors (Lipinski definition) is 3. The highest BCUT2D eigenvalue weighted by Crippen LogP contribution is 2.36. The van der Waals surface area contributed by atoms with Crippen LogP contribution in [0.2, 0.25) is 0 Å². The minimum atomic E-state index is -0.873. The van der Waals surface area contributed by atoms with Gasteiger partial charge in [0.25, 0.3) is 11.5 Å². The molecule has 0 bridgehead atoms. The minimum absolute atomic E-state index is 0.0573. The predicted octanol–water partition coefficient (Wildman–Crippen LogP) is 4.45. The molecule has 0 saturated carbocycles. The lowest BCUT2D eigenvalue weighted by atomic mass is 9.94. The van der Waals surface area contributed by atoms with E-state index in [1.165, 1.54) is 17.7 Å². The van der Waals surface area contributed by atoms with Gasteiger partial charge in [-0.2, -0.15) is 0 Å². The van der Waals surface area contributed by atoms with Crippen LogP contribution in [0.15, 0.2) is 86.2 Å². The molecule has 1 aliphatic rings. The number of ether oxygens (including phenoxy) is 2. The number of fused-ring (bicyclic) bond motifs is 1. The number of halogens is 1. The van der Waals surface area contributed by atoms with Gasteiger partial charge >= 0.3 is 0 Å². The van der Waals surface area contributed by atoms with Gasteiger partial charge in [-0.25, -0.2) is 4.99 Å². The van der Waals surface area contributed by atoms with Gasteiger partial charge in [-0.05, 0) is 61.9 Å². The van der Waals surface area contributed by atoms with Crippen LogP contribution in [0.1, 0.15) is 31.0 Å². The number of phenols is 2. The van der Waals surface area contributed by atoms with Crippen molar-refractivity contribution in [2.45, 2.75) is 19.9 Å². The number of anilines is 1. The van der Waals surface area contributed by atoms with E-state index in [1.54, 1.807) is 56.3 Å². The molecule has 0 radical (unpaired) electrons. The zero-order chi connectivity index (χ0) is 29.3. The molecule has 1 atom stereocenters. The second kappa shape index (κ2) is 11.6. The fourth-order valence-corrected chi connectivity index (χ4v) is 6.11. The molecule has 0 fully saturated rings. The number of methoxy groups -OCH3 is 1. The Morgan fingerprint density at radius 3 is 2.61 bits per heavy atom. The van der Waals surface area contributed by atoms with Crippen molar-refractivity contribution < 1.29 is 24.5 Å². The number of rotatable bonds is 7. The second-order valence-electron chi connectivity index (χ2n) is 9.11. The number of thiazole rings is 1. The highest BCUT2D eigenvalue weighted by Gasteiger charge is 2.33. The van der Waals surface area contributed by atoms with Crippen LogP contribution < -0.4 is 29.7 Å². The molecule has 11 heteroatoms. The third-order valence-corrected chi connectivity index (χ3v) is 7.91. The van der Waals surface area contributed by atoms with E-state index in [4.69, 9.17) is 9.47 Å². The first-order valence-electron chi connectivity index (χ1n) is 12.6. The summed E-state index contributed by atoms with van der Waals surface area (Å²) in [4.78, 5) is 32.7. The largest absolute Gasteiger partial charge is 0.504 e. The maximum atomic E-state index is 14.0. The molecule has 1 aliphatic heterocycles. The average molecular weight is 637 g/mol. The first-order chi connectivity index (χ1) is 19.7. The van der Waals surface area contributed by atoms with Gasteiger partial charge in [0.1, 0.15) is 0 Å². The van der Waals surface area contributed by atoms with Crippen molar-refractivity contribution >= 4 is 44.9 Å². The van der Waals surface area contributed by atoms with Gasteiger partial charge in [-0.3, -0.25) is 14.2 Å². The Bertz CT molecular complexity index is 1860. The van der Waals surface area contributed by atoms with Crippen molar-refractivity contribution in [1.29, 1.82) is 0 Å². The van der Waals surface area contributed by atoms with Crippen molar-refractivity contribution in [2.75, 3.05) is 19.0 Å². The van der Waals surface area contributed by atoms with Crippen molar-refractivity contribution in [3.8, 4) is 23.0 Å². The van der Waals surface area contributed by atoms with Crippen LogP contribution in [0.3, 0.4) is 0 Å². The summed E-state index contributed by atoms with van der Waals surface area (Å²) in [5, 5.41) is 24.0. The molecule has 9 nitrogen and oxygen atoms in total. The molecule has 0 saturated heterocycles. The number of aromatic hydroxyl groups is 2. The molecule has 5 rings (SSSR count). The van der Waals surface area contributed by atoms with Gasteiger partial charge < -0.3 is 25.0 Å². The summed E-state index contributed by atoms with van der Waals surface area (Å²) in [5.41, 5.74) is 1.83. The van der Waals surface area contributed by atoms with E-state index in [0.29, 0.717) is 42.9 Å². The zero-order valence-electron chi connectivity index (χ0n) is 22.3. The van der Waals surface area contributed by atoms with Crippen LogP contribution in [0.4, 0.5) is 5.69 Å². The smallest absolute Gasteiger partial charge is 0.271 e. The van der Waals surface area contributed by atoms with E-state index in [1.807, 2.05) is 18.2 Å². The Morgan fingerprint density at radius 2 is 1.90 bits per heavy atom. The quantitative estimate of drug-likeness (QED) is 0.276. The Morgan fingerprint density at radius 1 is 1.15 bits per heavy atom. The van der Waals surface area contributed by atoms with Gasteiger partial charge in [0.2, 0.25) is 0 Å². The zero-order valence-corrected chi connectivity index (χ0v) is 24.7. The molecule has 41 heavy (non-hydrogen) atoms. The van der Waals surface area contributed by atoms with Crippen molar-refractivity contribution in [3.63, 3.8) is 0 Å². The second-order valence-corrected chi connectivity index (χ2v) is 11.0. The lowest BCUT2D eigenvalue weighted by Gasteiger charge is -2.26. The molecule has 1 aromatic heterocycles. The number of nitrogens with one attached hydrogen (secondary N) is 1. The van der Waals surface area contributed by atoms with Crippen molar-refractivity contribution in [2.24, 2.45) is 4.99 Å². The number of para-hydroxylation sites is 1. The lowest BCUT2D eigenvalue weighted by molar-refractivity contribution is -0.113. The van der Waals surface area contributed by atoms with E-state index in [2.05, 4.69) is 26.2 Å². The number of phenolic OH excluding ortho intramolecular Hbond substituents is 2. The van der Waals surface area contributed by atoms with Gasteiger partial charge in [-0.1, -0.05) is 51.5 Å². The predicted molar refractivity (Wildman–Crippen MR) is 160 cm³/mol. The van der Waals surface area contributed by atoms with E-state index < -0.39 is 17.5 Å². The van der Waals surface area contributed by atoms with E-state index in [-0.39, 0.29) is 28.6 Å². The van der Waals surface area contributed by atoms with E-state index in [0.717, 1.165) is 11.3 Å². The molecule has 1 amide bonds. The van der Waals surface area contributed by atoms with E-state index >= 15 is 0 Å². The third kappa shape index (κ3) is 5.50. The number of carbonyl (C=O) groups is 1. The van der Waals surface area contributed by atoms with Crippen LogP contribution in [0, 0.1) is 0 Å². The molecule has 0 spiro atoms. The van der Waals surface area contributed by atoms with Gasteiger partial charge in [-0.15, -0.1) is 0 Å². The van der Waals surface area contributed by atoms with Crippen molar-refractivity contribution in [3.05, 3.63) is 107 Å². The summed E-state index contributed by atoms with van der Waals surface area (Å²) >= 11 is 4.54. The molecular weight excluding hydrogens is 610 g/mol. The number of carbonyl (C=O) groups excluding carboxylic acids is 1. The summed E-state index contributed by atoms with van der Waals surface area (Å²) in [6, 6.07) is 16.2. The molecule has 3 N–H and O–H groups in total. The number of aromatic nitrogens is 1. The molecule has 0 aliphatic carbocycles. The number of amides is 1. The van der Waals surface area contributed by atoms with Crippen LogP contribution in [-0.2, 0) is 4.79 Å². The first kappa shape index (κ1) is 28.2. The van der Waals surface area contributed by atoms with Gasteiger partial charge in [0.15, 0.2) is 27.8 Å². The van der Waals surface area contributed by atoms with Crippen molar-refractivity contribution in [1.82, 2.24) is 4.57 Å². The first-order valence-corrected chi connectivity index (χ1v) is 14.2. The SMILES string of the molecule is CCOc1cc([C@@H]2C(C(=O)Nc3ccccc3)=C(C)N=c3s/c(=C\c4cc(Br)cc(OC)c4O)c(=O)n32)ccc1O. The highest BCUT2D eigenvalue weighted by atomic mass is 79.9. The highest BCUT2D eigenvalue weighted by molar-refractivity contribution is 9.10. The van der Waals surface area contributed by atoms with Gasteiger partial charge in [0.05, 0.1) is 35.6 Å². The Balaban J connectivity index is 1.72. The normalized spacial score (nSPS) is 14.8. The summed E-state index contributed by atoms with van der Waals surface area (Å²) in [6.45, 7) is 3.83. The maximum Gasteiger partial charge on any atom is 0.271 e. The van der Waals surface area contributed by atoms with Crippen LogP contribution in [-0.4, -0.2) is 34.4 Å². The topological polar surface area (TPSA) is 122 Å². The van der Waals surface area contributed by atoms with Crippen LogP contribution in [0.25, 0.3) is 6.08 Å². The summed E-state index contributed by atoms with van der Waals surface area (Å²) in [6.07, 6.45) is 1.56. The number of nitrogens with zero attached hydrogens (tertiary/aromatic N) is 2. The summed E-state index contributed by atoms with van der Waals surface area (Å²) < 4.78 is 13.3.